The van der Waals surface area contributed by atoms with Gasteiger partial charge in [0.25, 0.3) is 0 Å². The van der Waals surface area contributed by atoms with Crippen molar-refractivity contribution in [3.8, 4) is 11.3 Å². The molecule has 0 amide bonds. The summed E-state index contributed by atoms with van der Waals surface area (Å²) in [6.45, 7) is 2.91. The van der Waals surface area contributed by atoms with Gasteiger partial charge in [-0.2, -0.15) is 0 Å². The van der Waals surface area contributed by atoms with E-state index in [1.54, 1.807) is 4.68 Å². The van der Waals surface area contributed by atoms with Crippen molar-refractivity contribution in [2.75, 3.05) is 7.05 Å². The molecule has 90 valence electrons. The van der Waals surface area contributed by atoms with E-state index in [0.29, 0.717) is 0 Å². The molecule has 0 atom stereocenters. The Labute approximate surface area is 109 Å². The summed E-state index contributed by atoms with van der Waals surface area (Å²) in [6.07, 6.45) is 0. The van der Waals surface area contributed by atoms with Crippen molar-refractivity contribution in [1.82, 2.24) is 20.3 Å². The van der Waals surface area contributed by atoms with Crippen LogP contribution in [0.2, 0.25) is 0 Å². The van der Waals surface area contributed by atoms with Gasteiger partial charge < -0.3 is 5.32 Å². The first-order chi connectivity index (χ1) is 8.13. The molecule has 0 aliphatic carbocycles. The maximum atomic E-state index is 4.03. The molecule has 0 fully saturated rings. The van der Waals surface area contributed by atoms with Gasteiger partial charge in [0, 0.05) is 19.2 Å². The van der Waals surface area contributed by atoms with Gasteiger partial charge in [-0.3, -0.25) is 0 Å². The molecule has 0 saturated heterocycles. The highest BCUT2D eigenvalue weighted by Crippen LogP contribution is 2.29. The van der Waals surface area contributed by atoms with Crippen LogP contribution in [0.25, 0.3) is 11.3 Å². The van der Waals surface area contributed by atoms with E-state index in [0.717, 1.165) is 16.8 Å². The van der Waals surface area contributed by atoms with Gasteiger partial charge in [0.2, 0.25) is 0 Å². The number of aryl methyl sites for hydroxylation is 2. The molecule has 1 heterocycles. The first kappa shape index (κ1) is 12.3. The average molecular weight is 295 g/mol. The fraction of sp³-hybridized carbons (Fsp3) is 0.333. The molecule has 1 aromatic carbocycles. The molecular weight excluding hydrogens is 280 g/mol. The third kappa shape index (κ3) is 2.40. The minimum Gasteiger partial charge on any atom is -0.316 e. The number of hydrogen-bond donors (Lipinski definition) is 1. The Morgan fingerprint density at radius 2 is 2.18 bits per heavy atom. The number of nitrogens with one attached hydrogen (secondary N) is 1. The SMILES string of the molecule is CNCc1ccc(C)cc1-c1c(Br)nnn1C. The Morgan fingerprint density at radius 1 is 1.41 bits per heavy atom. The van der Waals surface area contributed by atoms with Crippen molar-refractivity contribution in [3.63, 3.8) is 0 Å². The lowest BCUT2D eigenvalue weighted by Crippen LogP contribution is -2.07. The molecule has 4 nitrogen and oxygen atoms in total. The van der Waals surface area contributed by atoms with Gasteiger partial charge in [-0.15, -0.1) is 5.10 Å². The van der Waals surface area contributed by atoms with Crippen LogP contribution in [0.4, 0.5) is 0 Å². The Balaban J connectivity index is 2.60. The third-order valence-electron chi connectivity index (χ3n) is 2.67. The molecule has 0 radical (unpaired) electrons. The fourth-order valence-electron chi connectivity index (χ4n) is 1.87. The number of nitrogens with zero attached hydrogens (tertiary/aromatic N) is 3. The molecule has 1 aromatic heterocycles. The molecule has 0 aliphatic heterocycles. The predicted octanol–water partition coefficient (Wildman–Crippen LogP) is 2.27. The Kier molecular flexibility index (Phi) is 3.59. The van der Waals surface area contributed by atoms with Crippen LogP contribution in [0.5, 0.6) is 0 Å². The Morgan fingerprint density at radius 3 is 2.76 bits per heavy atom. The molecule has 0 spiro atoms. The van der Waals surface area contributed by atoms with Crippen LogP contribution in [-0.2, 0) is 13.6 Å². The molecule has 1 N–H and O–H groups in total. The van der Waals surface area contributed by atoms with E-state index < -0.39 is 0 Å². The summed E-state index contributed by atoms with van der Waals surface area (Å²) in [5.41, 5.74) is 4.65. The highest BCUT2D eigenvalue weighted by atomic mass is 79.9. The normalized spacial score (nSPS) is 10.8. The van der Waals surface area contributed by atoms with Crippen LogP contribution in [0, 0.1) is 6.92 Å². The molecule has 0 bridgehead atoms. The van der Waals surface area contributed by atoms with Gasteiger partial charge in [-0.1, -0.05) is 22.9 Å². The van der Waals surface area contributed by atoms with Gasteiger partial charge in [0.05, 0.1) is 0 Å². The quantitative estimate of drug-likeness (QED) is 0.944. The summed E-state index contributed by atoms with van der Waals surface area (Å²) in [6, 6.07) is 6.42. The van der Waals surface area contributed by atoms with E-state index in [-0.39, 0.29) is 0 Å². The van der Waals surface area contributed by atoms with E-state index in [4.69, 9.17) is 0 Å². The second-order valence-corrected chi connectivity index (χ2v) is 4.79. The number of halogens is 1. The second kappa shape index (κ2) is 4.98. The molecule has 2 aromatic rings. The van der Waals surface area contributed by atoms with Gasteiger partial charge in [0.1, 0.15) is 5.69 Å². The number of hydrogen-bond acceptors (Lipinski definition) is 3. The maximum absolute atomic E-state index is 4.03. The zero-order valence-corrected chi connectivity index (χ0v) is 11.7. The smallest absolute Gasteiger partial charge is 0.156 e. The summed E-state index contributed by atoms with van der Waals surface area (Å²) < 4.78 is 2.57. The van der Waals surface area contributed by atoms with E-state index in [1.165, 1.54) is 16.7 Å². The van der Waals surface area contributed by atoms with Gasteiger partial charge >= 0.3 is 0 Å². The maximum Gasteiger partial charge on any atom is 0.156 e. The minimum atomic E-state index is 0.781. The van der Waals surface area contributed by atoms with Crippen molar-refractivity contribution in [3.05, 3.63) is 33.9 Å². The van der Waals surface area contributed by atoms with Gasteiger partial charge in [-0.05, 0) is 41.5 Å². The van der Waals surface area contributed by atoms with Gasteiger partial charge in [-0.25, -0.2) is 4.68 Å². The van der Waals surface area contributed by atoms with Crippen LogP contribution in [-0.4, -0.2) is 22.0 Å². The van der Waals surface area contributed by atoms with Crippen LogP contribution in [0.15, 0.2) is 22.8 Å². The Hall–Kier alpha value is -1.20. The lowest BCUT2D eigenvalue weighted by Gasteiger charge is -2.10. The van der Waals surface area contributed by atoms with Crippen molar-refractivity contribution < 1.29 is 0 Å². The summed E-state index contributed by atoms with van der Waals surface area (Å²) in [4.78, 5) is 0. The van der Waals surface area contributed by atoms with Crippen molar-refractivity contribution in [1.29, 1.82) is 0 Å². The number of rotatable bonds is 3. The Bertz CT molecular complexity index is 514. The minimum absolute atomic E-state index is 0.781. The van der Waals surface area contributed by atoms with E-state index >= 15 is 0 Å². The lowest BCUT2D eigenvalue weighted by molar-refractivity contribution is 0.718. The predicted molar refractivity (Wildman–Crippen MR) is 71.6 cm³/mol. The molecule has 5 heteroatoms. The van der Waals surface area contributed by atoms with Gasteiger partial charge in [0.15, 0.2) is 4.60 Å². The molecule has 0 unspecified atom stereocenters. The first-order valence-corrected chi connectivity index (χ1v) is 6.22. The summed E-state index contributed by atoms with van der Waals surface area (Å²) >= 11 is 3.45. The zero-order valence-electron chi connectivity index (χ0n) is 10.2. The van der Waals surface area contributed by atoms with Crippen LogP contribution in [0.3, 0.4) is 0 Å². The summed E-state index contributed by atoms with van der Waals surface area (Å²) in [5.74, 6) is 0. The number of aromatic nitrogens is 3. The molecule has 0 aliphatic rings. The molecule has 0 saturated carbocycles. The molecular formula is C12H15BrN4. The van der Waals surface area contributed by atoms with Crippen molar-refractivity contribution in [2.45, 2.75) is 13.5 Å². The second-order valence-electron chi connectivity index (χ2n) is 4.04. The first-order valence-electron chi connectivity index (χ1n) is 5.43. The number of benzene rings is 1. The van der Waals surface area contributed by atoms with Crippen LogP contribution in [0.1, 0.15) is 11.1 Å². The monoisotopic (exact) mass is 294 g/mol. The highest BCUT2D eigenvalue weighted by molar-refractivity contribution is 9.10. The standard InChI is InChI=1S/C12H15BrN4/c1-8-4-5-9(7-14-2)10(6-8)11-12(13)15-16-17(11)3/h4-6,14H,7H2,1-3H3. The summed E-state index contributed by atoms with van der Waals surface area (Å²) in [5, 5.41) is 11.2. The third-order valence-corrected chi connectivity index (χ3v) is 3.21. The largest absolute Gasteiger partial charge is 0.316 e. The van der Waals surface area contributed by atoms with E-state index in [9.17, 15) is 0 Å². The lowest BCUT2D eigenvalue weighted by atomic mass is 10.0. The highest BCUT2D eigenvalue weighted by Gasteiger charge is 2.14. The summed E-state index contributed by atoms with van der Waals surface area (Å²) in [7, 11) is 3.85. The van der Waals surface area contributed by atoms with Crippen molar-refractivity contribution >= 4 is 15.9 Å². The molecule has 17 heavy (non-hydrogen) atoms. The molecule has 2 rings (SSSR count). The van der Waals surface area contributed by atoms with E-state index in [2.05, 4.69) is 56.7 Å². The van der Waals surface area contributed by atoms with Crippen LogP contribution >= 0.6 is 15.9 Å². The fourth-order valence-corrected chi connectivity index (χ4v) is 2.41. The van der Waals surface area contributed by atoms with E-state index in [1.807, 2.05) is 14.1 Å². The zero-order chi connectivity index (χ0) is 12.4. The van der Waals surface area contributed by atoms with Crippen LogP contribution < -0.4 is 5.32 Å². The average Bonchev–Trinajstić information content (AvgIpc) is 2.62. The topological polar surface area (TPSA) is 42.7 Å². The van der Waals surface area contributed by atoms with Crippen molar-refractivity contribution in [2.24, 2.45) is 7.05 Å².